The van der Waals surface area contributed by atoms with Gasteiger partial charge in [-0.2, -0.15) is 4.31 Å². The van der Waals surface area contributed by atoms with Gasteiger partial charge in [0.1, 0.15) is 0 Å². The molecule has 11 heteroatoms. The zero-order valence-electron chi connectivity index (χ0n) is 19.5. The second kappa shape index (κ2) is 11.2. The Morgan fingerprint density at radius 2 is 1.66 bits per heavy atom. The number of halogens is 3. The number of hydrogen-bond acceptors (Lipinski definition) is 5. The molecule has 1 atom stereocenters. The molecule has 0 N–H and O–H groups in total. The molecule has 35 heavy (non-hydrogen) atoms. The van der Waals surface area contributed by atoms with E-state index in [-0.39, 0.29) is 36.5 Å². The van der Waals surface area contributed by atoms with Crippen LogP contribution in [0.2, 0.25) is 15.1 Å². The van der Waals surface area contributed by atoms with Crippen molar-refractivity contribution in [3.05, 3.63) is 57.5 Å². The van der Waals surface area contributed by atoms with E-state index in [2.05, 4.69) is 4.90 Å². The predicted octanol–water partition coefficient (Wildman–Crippen LogP) is 4.08. The second-order valence-electron chi connectivity index (χ2n) is 9.02. The standard InChI is InChI=1S/C24H29Cl3N4O3S/c1-28(19-6-9-22(26)23(27)14-19)17-24(32)31-13-12-30(16-20(31)15-29-10-2-3-11-29)35(33,34)21-7-4-18(25)5-8-21/h4-9,14,20H,2-3,10-13,15-17H2,1H3. The first-order chi connectivity index (χ1) is 16.6. The number of carbonyl (C=O) groups excluding carboxylic acids is 1. The minimum Gasteiger partial charge on any atom is -0.365 e. The molecule has 0 aliphatic carbocycles. The molecule has 0 radical (unpaired) electrons. The monoisotopic (exact) mass is 558 g/mol. The van der Waals surface area contributed by atoms with Crippen LogP contribution in [0.1, 0.15) is 12.8 Å². The first kappa shape index (κ1) is 26.5. The van der Waals surface area contributed by atoms with E-state index in [0.717, 1.165) is 31.6 Å². The maximum atomic E-state index is 13.4. The van der Waals surface area contributed by atoms with Gasteiger partial charge in [-0.15, -0.1) is 0 Å². The average Bonchev–Trinajstić information content (AvgIpc) is 3.34. The summed E-state index contributed by atoms with van der Waals surface area (Å²) in [5.41, 5.74) is 0.785. The molecule has 1 amide bonds. The van der Waals surface area contributed by atoms with E-state index in [4.69, 9.17) is 34.8 Å². The third-order valence-corrected chi connectivity index (χ3v) is 9.47. The van der Waals surface area contributed by atoms with Crippen LogP contribution in [0.5, 0.6) is 0 Å². The van der Waals surface area contributed by atoms with Gasteiger partial charge >= 0.3 is 0 Å². The fraction of sp³-hybridized carbons (Fsp3) is 0.458. The number of piperazine rings is 1. The predicted molar refractivity (Wildman–Crippen MR) is 141 cm³/mol. The first-order valence-electron chi connectivity index (χ1n) is 11.6. The molecule has 2 saturated heterocycles. The van der Waals surface area contributed by atoms with Crippen molar-refractivity contribution in [2.24, 2.45) is 0 Å². The molecule has 190 valence electrons. The molecular formula is C24H29Cl3N4O3S. The molecular weight excluding hydrogens is 531 g/mol. The Labute approximate surface area is 222 Å². The highest BCUT2D eigenvalue weighted by atomic mass is 35.5. The summed E-state index contributed by atoms with van der Waals surface area (Å²) in [7, 11) is -1.86. The van der Waals surface area contributed by atoms with E-state index in [9.17, 15) is 13.2 Å². The Bertz CT molecular complexity index is 1160. The number of likely N-dealkylation sites (tertiary alicyclic amines) is 1. The Kier molecular flexibility index (Phi) is 8.51. The van der Waals surface area contributed by atoms with E-state index in [1.165, 1.54) is 16.4 Å². The third-order valence-electron chi connectivity index (χ3n) is 6.60. The third kappa shape index (κ3) is 6.24. The second-order valence-corrected chi connectivity index (χ2v) is 12.2. The lowest BCUT2D eigenvalue weighted by Gasteiger charge is -2.42. The summed E-state index contributed by atoms with van der Waals surface area (Å²) >= 11 is 18.1. The largest absolute Gasteiger partial charge is 0.365 e. The van der Waals surface area contributed by atoms with Gasteiger partial charge in [-0.3, -0.25) is 4.79 Å². The van der Waals surface area contributed by atoms with E-state index >= 15 is 0 Å². The zero-order chi connectivity index (χ0) is 25.2. The van der Waals surface area contributed by atoms with Crippen LogP contribution in [0.4, 0.5) is 5.69 Å². The van der Waals surface area contributed by atoms with Crippen LogP contribution < -0.4 is 4.90 Å². The smallest absolute Gasteiger partial charge is 0.243 e. The highest BCUT2D eigenvalue weighted by molar-refractivity contribution is 7.89. The van der Waals surface area contributed by atoms with Gasteiger partial charge in [0.15, 0.2) is 0 Å². The lowest BCUT2D eigenvalue weighted by molar-refractivity contribution is -0.134. The Morgan fingerprint density at radius 3 is 2.31 bits per heavy atom. The number of hydrogen-bond donors (Lipinski definition) is 0. The Balaban J connectivity index is 1.50. The highest BCUT2D eigenvalue weighted by Gasteiger charge is 2.37. The van der Waals surface area contributed by atoms with E-state index in [0.29, 0.717) is 28.2 Å². The Hall–Kier alpha value is -1.55. The number of sulfonamides is 1. The summed E-state index contributed by atoms with van der Waals surface area (Å²) in [6, 6.07) is 11.2. The van der Waals surface area contributed by atoms with E-state index < -0.39 is 10.0 Å². The molecule has 7 nitrogen and oxygen atoms in total. The molecule has 4 rings (SSSR count). The topological polar surface area (TPSA) is 64.2 Å². The number of nitrogens with zero attached hydrogens (tertiary/aromatic N) is 4. The summed E-state index contributed by atoms with van der Waals surface area (Å²) in [5.74, 6) is -0.0497. The molecule has 1 unspecified atom stereocenters. The van der Waals surface area contributed by atoms with Crippen LogP contribution in [-0.2, 0) is 14.8 Å². The number of carbonyl (C=O) groups is 1. The summed E-state index contributed by atoms with van der Waals surface area (Å²) in [6.45, 7) is 3.55. The zero-order valence-corrected chi connectivity index (χ0v) is 22.6. The van der Waals surface area contributed by atoms with Crippen molar-refractivity contribution in [3.8, 4) is 0 Å². The van der Waals surface area contributed by atoms with Crippen LogP contribution in [0, 0.1) is 0 Å². The lowest BCUT2D eigenvalue weighted by Crippen LogP contribution is -2.60. The van der Waals surface area contributed by atoms with Crippen molar-refractivity contribution in [1.29, 1.82) is 0 Å². The van der Waals surface area contributed by atoms with Crippen molar-refractivity contribution in [3.63, 3.8) is 0 Å². The summed E-state index contributed by atoms with van der Waals surface area (Å²) in [4.78, 5) is 19.6. The van der Waals surface area contributed by atoms with Crippen LogP contribution in [0.15, 0.2) is 47.4 Å². The summed E-state index contributed by atoms with van der Waals surface area (Å²) in [6.07, 6.45) is 2.24. The van der Waals surface area contributed by atoms with E-state index in [1.54, 1.807) is 24.3 Å². The quantitative estimate of drug-likeness (QED) is 0.512. The fourth-order valence-corrected chi connectivity index (χ4v) is 6.54. The van der Waals surface area contributed by atoms with Crippen molar-refractivity contribution >= 4 is 56.4 Å². The van der Waals surface area contributed by atoms with Crippen molar-refractivity contribution < 1.29 is 13.2 Å². The maximum absolute atomic E-state index is 13.4. The molecule has 0 bridgehead atoms. The molecule has 2 aliphatic rings. The first-order valence-corrected chi connectivity index (χ1v) is 14.2. The number of amides is 1. The fourth-order valence-electron chi connectivity index (χ4n) is 4.66. The summed E-state index contributed by atoms with van der Waals surface area (Å²) < 4.78 is 28.1. The molecule has 0 aromatic heterocycles. The van der Waals surface area contributed by atoms with Crippen LogP contribution in [-0.4, -0.2) is 87.3 Å². The van der Waals surface area contributed by atoms with Gasteiger partial charge in [0.2, 0.25) is 15.9 Å². The maximum Gasteiger partial charge on any atom is 0.243 e. The SMILES string of the molecule is CN(CC(=O)N1CCN(S(=O)(=O)c2ccc(Cl)cc2)CC1CN1CCCC1)c1ccc(Cl)c(Cl)c1. The molecule has 0 spiro atoms. The number of anilines is 1. The number of likely N-dealkylation sites (N-methyl/N-ethyl adjacent to an activating group) is 1. The van der Waals surface area contributed by atoms with Gasteiger partial charge in [0, 0.05) is 43.9 Å². The van der Waals surface area contributed by atoms with Crippen molar-refractivity contribution in [1.82, 2.24) is 14.1 Å². The normalized spacial score (nSPS) is 19.8. The molecule has 0 saturated carbocycles. The molecule has 2 heterocycles. The number of benzene rings is 2. The van der Waals surface area contributed by atoms with E-state index in [1.807, 2.05) is 22.9 Å². The van der Waals surface area contributed by atoms with Crippen LogP contribution in [0.25, 0.3) is 0 Å². The molecule has 2 aliphatic heterocycles. The lowest BCUT2D eigenvalue weighted by atomic mass is 10.1. The highest BCUT2D eigenvalue weighted by Crippen LogP contribution is 2.27. The molecule has 2 aromatic rings. The van der Waals surface area contributed by atoms with Gasteiger partial charge in [0.25, 0.3) is 0 Å². The van der Waals surface area contributed by atoms with Gasteiger partial charge in [0.05, 0.1) is 27.5 Å². The Morgan fingerprint density at radius 1 is 0.971 bits per heavy atom. The van der Waals surface area contributed by atoms with Gasteiger partial charge < -0.3 is 14.7 Å². The van der Waals surface area contributed by atoms with Crippen molar-refractivity contribution in [2.45, 2.75) is 23.8 Å². The van der Waals surface area contributed by atoms with Gasteiger partial charge in [-0.25, -0.2) is 8.42 Å². The van der Waals surface area contributed by atoms with Crippen LogP contribution in [0.3, 0.4) is 0 Å². The van der Waals surface area contributed by atoms with Crippen LogP contribution >= 0.6 is 34.8 Å². The number of rotatable bonds is 7. The average molecular weight is 560 g/mol. The van der Waals surface area contributed by atoms with Gasteiger partial charge in [-0.05, 0) is 68.4 Å². The minimum atomic E-state index is -3.69. The van der Waals surface area contributed by atoms with Crippen molar-refractivity contribution in [2.75, 3.05) is 57.8 Å². The molecule has 2 aromatic carbocycles. The molecule has 2 fully saturated rings. The summed E-state index contributed by atoms with van der Waals surface area (Å²) in [5, 5.41) is 1.37. The van der Waals surface area contributed by atoms with Gasteiger partial charge in [-0.1, -0.05) is 34.8 Å². The minimum absolute atomic E-state index is 0.0497.